The van der Waals surface area contributed by atoms with Crippen molar-refractivity contribution in [2.75, 3.05) is 12.4 Å². The van der Waals surface area contributed by atoms with Crippen LogP contribution in [0.1, 0.15) is 20.7 Å². The molecule has 0 radical (unpaired) electrons. The largest absolute Gasteiger partial charge is 0.465 e. The number of hydrogen-bond donors (Lipinski definition) is 1. The van der Waals surface area contributed by atoms with Crippen molar-refractivity contribution in [1.29, 1.82) is 0 Å². The van der Waals surface area contributed by atoms with Gasteiger partial charge >= 0.3 is 5.97 Å². The molecule has 1 N–H and O–H groups in total. The lowest BCUT2D eigenvalue weighted by Crippen LogP contribution is -2.13. The van der Waals surface area contributed by atoms with Gasteiger partial charge in [0, 0.05) is 9.26 Å². The molecule has 102 valence electrons. The molecule has 0 saturated carbocycles. The molecule has 20 heavy (non-hydrogen) atoms. The van der Waals surface area contributed by atoms with Crippen LogP contribution in [-0.2, 0) is 4.74 Å². The number of anilines is 1. The first-order valence-electron chi connectivity index (χ1n) is 5.86. The molecule has 0 atom stereocenters. The van der Waals surface area contributed by atoms with Gasteiger partial charge < -0.3 is 10.1 Å². The lowest BCUT2D eigenvalue weighted by atomic mass is 10.2. The average Bonchev–Trinajstić information content (AvgIpc) is 2.47. The fourth-order valence-electron chi connectivity index (χ4n) is 1.69. The van der Waals surface area contributed by atoms with Crippen molar-refractivity contribution >= 4 is 40.2 Å². The third-order valence-electron chi connectivity index (χ3n) is 2.66. The zero-order chi connectivity index (χ0) is 14.5. The number of methoxy groups -OCH3 is 1. The summed E-state index contributed by atoms with van der Waals surface area (Å²) in [5.74, 6) is -0.646. The number of halogens is 1. The van der Waals surface area contributed by atoms with E-state index >= 15 is 0 Å². The van der Waals surface area contributed by atoms with E-state index in [-0.39, 0.29) is 5.91 Å². The second kappa shape index (κ2) is 6.51. The summed E-state index contributed by atoms with van der Waals surface area (Å²) >= 11 is 2.11. The highest BCUT2D eigenvalue weighted by Crippen LogP contribution is 2.16. The number of rotatable bonds is 3. The lowest BCUT2D eigenvalue weighted by Gasteiger charge is -2.08. The van der Waals surface area contributed by atoms with Gasteiger partial charge in [0.2, 0.25) is 0 Å². The van der Waals surface area contributed by atoms with Crippen LogP contribution in [0.15, 0.2) is 48.5 Å². The molecule has 0 fully saturated rings. The van der Waals surface area contributed by atoms with E-state index in [1.54, 1.807) is 30.3 Å². The van der Waals surface area contributed by atoms with Gasteiger partial charge in [-0.3, -0.25) is 4.79 Å². The third-order valence-corrected chi connectivity index (χ3v) is 3.60. The van der Waals surface area contributed by atoms with Gasteiger partial charge in [-0.2, -0.15) is 0 Å². The van der Waals surface area contributed by atoms with Crippen LogP contribution in [0.4, 0.5) is 5.69 Å². The van der Waals surface area contributed by atoms with E-state index in [1.165, 1.54) is 7.11 Å². The summed E-state index contributed by atoms with van der Waals surface area (Å²) in [6.45, 7) is 0. The van der Waals surface area contributed by atoms with E-state index in [4.69, 9.17) is 0 Å². The first kappa shape index (κ1) is 14.5. The number of ether oxygens (including phenoxy) is 1. The molecule has 0 unspecified atom stereocenters. The SMILES string of the molecule is COC(=O)c1cccc(NC(=O)c2ccccc2I)c1. The molecule has 0 bridgehead atoms. The van der Waals surface area contributed by atoms with Crippen LogP contribution in [0.5, 0.6) is 0 Å². The number of hydrogen-bond acceptors (Lipinski definition) is 3. The fraction of sp³-hybridized carbons (Fsp3) is 0.0667. The Morgan fingerprint density at radius 1 is 1.10 bits per heavy atom. The van der Waals surface area contributed by atoms with E-state index < -0.39 is 5.97 Å². The van der Waals surface area contributed by atoms with Crippen molar-refractivity contribution in [1.82, 2.24) is 0 Å². The second-order valence-electron chi connectivity index (χ2n) is 4.01. The van der Waals surface area contributed by atoms with Crippen LogP contribution >= 0.6 is 22.6 Å². The van der Waals surface area contributed by atoms with Gasteiger partial charge in [0.15, 0.2) is 0 Å². The first-order chi connectivity index (χ1) is 9.61. The molecule has 0 saturated heterocycles. The van der Waals surface area contributed by atoms with E-state index in [0.717, 1.165) is 3.57 Å². The highest BCUT2D eigenvalue weighted by molar-refractivity contribution is 14.1. The Morgan fingerprint density at radius 3 is 2.55 bits per heavy atom. The molecule has 0 aliphatic carbocycles. The Balaban J connectivity index is 2.20. The molecule has 2 aromatic carbocycles. The quantitative estimate of drug-likeness (QED) is 0.656. The normalized spacial score (nSPS) is 9.90. The fourth-order valence-corrected chi connectivity index (χ4v) is 2.32. The van der Waals surface area contributed by atoms with Crippen molar-refractivity contribution in [2.45, 2.75) is 0 Å². The smallest absolute Gasteiger partial charge is 0.337 e. The standard InChI is InChI=1S/C15H12INO3/c1-20-15(19)10-5-4-6-11(9-10)17-14(18)12-7-2-3-8-13(12)16/h2-9H,1H3,(H,17,18). The molecule has 0 aromatic heterocycles. The minimum atomic E-state index is -0.435. The third kappa shape index (κ3) is 3.36. The van der Waals surface area contributed by atoms with Crippen LogP contribution in [0, 0.1) is 3.57 Å². The number of carbonyl (C=O) groups excluding carboxylic acids is 2. The predicted octanol–water partition coefficient (Wildman–Crippen LogP) is 3.33. The molecule has 5 heteroatoms. The van der Waals surface area contributed by atoms with Gasteiger partial charge in [0.25, 0.3) is 5.91 Å². The molecule has 1 amide bonds. The summed E-state index contributed by atoms with van der Waals surface area (Å²) in [6, 6.07) is 13.9. The Hall–Kier alpha value is -1.89. The van der Waals surface area contributed by atoms with Crippen molar-refractivity contribution in [3.05, 3.63) is 63.2 Å². The summed E-state index contributed by atoms with van der Waals surface area (Å²) in [7, 11) is 1.32. The van der Waals surface area contributed by atoms with Crippen LogP contribution < -0.4 is 5.32 Å². The van der Waals surface area contributed by atoms with Gasteiger partial charge in [0.1, 0.15) is 0 Å². The topological polar surface area (TPSA) is 55.4 Å². The Kier molecular flexibility index (Phi) is 4.73. The van der Waals surface area contributed by atoms with Gasteiger partial charge in [-0.25, -0.2) is 4.79 Å². The number of nitrogens with one attached hydrogen (secondary N) is 1. The molecule has 0 aliphatic heterocycles. The lowest BCUT2D eigenvalue weighted by molar-refractivity contribution is 0.0600. The summed E-state index contributed by atoms with van der Waals surface area (Å²) in [5, 5.41) is 2.77. The minimum Gasteiger partial charge on any atom is -0.465 e. The molecule has 2 rings (SSSR count). The van der Waals surface area contributed by atoms with Gasteiger partial charge in [-0.05, 0) is 52.9 Å². The molecule has 0 spiro atoms. The molecule has 2 aromatic rings. The highest BCUT2D eigenvalue weighted by atomic mass is 127. The molecular weight excluding hydrogens is 369 g/mol. The Labute approximate surface area is 130 Å². The van der Waals surface area contributed by atoms with Crippen molar-refractivity contribution < 1.29 is 14.3 Å². The van der Waals surface area contributed by atoms with Gasteiger partial charge in [-0.1, -0.05) is 18.2 Å². The zero-order valence-corrected chi connectivity index (χ0v) is 12.9. The molecule has 0 heterocycles. The Bertz CT molecular complexity index is 655. The summed E-state index contributed by atoms with van der Waals surface area (Å²) in [4.78, 5) is 23.6. The summed E-state index contributed by atoms with van der Waals surface area (Å²) in [5.41, 5.74) is 1.54. The minimum absolute atomic E-state index is 0.211. The second-order valence-corrected chi connectivity index (χ2v) is 5.17. The van der Waals surface area contributed by atoms with E-state index in [9.17, 15) is 9.59 Å². The predicted molar refractivity (Wildman–Crippen MR) is 84.9 cm³/mol. The van der Waals surface area contributed by atoms with Crippen LogP contribution in [0.2, 0.25) is 0 Å². The maximum absolute atomic E-state index is 12.2. The van der Waals surface area contributed by atoms with Gasteiger partial charge in [-0.15, -0.1) is 0 Å². The summed E-state index contributed by atoms with van der Waals surface area (Å²) < 4.78 is 5.51. The number of amides is 1. The zero-order valence-electron chi connectivity index (χ0n) is 10.7. The number of esters is 1. The maximum atomic E-state index is 12.2. The van der Waals surface area contributed by atoms with Crippen molar-refractivity contribution in [3.8, 4) is 0 Å². The van der Waals surface area contributed by atoms with Crippen LogP contribution in [0.25, 0.3) is 0 Å². The van der Waals surface area contributed by atoms with Crippen LogP contribution in [0.3, 0.4) is 0 Å². The van der Waals surface area contributed by atoms with Crippen LogP contribution in [-0.4, -0.2) is 19.0 Å². The van der Waals surface area contributed by atoms with Crippen molar-refractivity contribution in [2.24, 2.45) is 0 Å². The highest BCUT2D eigenvalue weighted by Gasteiger charge is 2.11. The van der Waals surface area contributed by atoms with E-state index in [1.807, 2.05) is 18.2 Å². The van der Waals surface area contributed by atoms with E-state index in [2.05, 4.69) is 32.6 Å². The molecular formula is C15H12INO3. The first-order valence-corrected chi connectivity index (χ1v) is 6.94. The van der Waals surface area contributed by atoms with Crippen molar-refractivity contribution in [3.63, 3.8) is 0 Å². The molecule has 4 nitrogen and oxygen atoms in total. The van der Waals surface area contributed by atoms with Gasteiger partial charge in [0.05, 0.1) is 18.2 Å². The number of carbonyl (C=O) groups is 2. The Morgan fingerprint density at radius 2 is 1.85 bits per heavy atom. The maximum Gasteiger partial charge on any atom is 0.337 e. The van der Waals surface area contributed by atoms with E-state index in [0.29, 0.717) is 16.8 Å². The summed E-state index contributed by atoms with van der Waals surface area (Å²) in [6.07, 6.45) is 0. The molecule has 0 aliphatic rings. The average molecular weight is 381 g/mol. The monoisotopic (exact) mass is 381 g/mol. The number of benzene rings is 2.